The van der Waals surface area contributed by atoms with Gasteiger partial charge in [0.25, 0.3) is 0 Å². The van der Waals surface area contributed by atoms with E-state index in [0.29, 0.717) is 6.61 Å². The van der Waals surface area contributed by atoms with Crippen molar-refractivity contribution in [2.45, 2.75) is 57.8 Å². The first-order valence-electron chi connectivity index (χ1n) is 10.1. The third-order valence-corrected chi connectivity index (χ3v) is 5.71. The molecule has 0 N–H and O–H groups in total. The third kappa shape index (κ3) is 5.64. The van der Waals surface area contributed by atoms with Gasteiger partial charge in [-0.15, -0.1) is 0 Å². The quantitative estimate of drug-likeness (QED) is 0.651. The average Bonchev–Trinajstić information content (AvgIpc) is 3.17. The van der Waals surface area contributed by atoms with Crippen molar-refractivity contribution in [3.8, 4) is 0 Å². The standard InChI is InChI=1S/C19H34N2O4/c1-2-24-19(22)16-5-7-17(8-6-16)25-18(21-9-3-4-10-21)15-20-11-13-23-14-12-20/h16-18H,2-15H2,1H3. The zero-order chi connectivity index (χ0) is 17.5. The van der Waals surface area contributed by atoms with Gasteiger partial charge in [-0.1, -0.05) is 0 Å². The van der Waals surface area contributed by atoms with Gasteiger partial charge < -0.3 is 14.2 Å². The van der Waals surface area contributed by atoms with Crippen LogP contribution in [-0.2, 0) is 19.0 Å². The van der Waals surface area contributed by atoms with Crippen molar-refractivity contribution in [2.75, 3.05) is 52.5 Å². The highest BCUT2D eigenvalue weighted by molar-refractivity contribution is 5.72. The third-order valence-electron chi connectivity index (χ3n) is 5.71. The normalized spacial score (nSPS) is 30.3. The van der Waals surface area contributed by atoms with Crippen molar-refractivity contribution >= 4 is 5.97 Å². The average molecular weight is 354 g/mol. The minimum atomic E-state index is -0.0228. The van der Waals surface area contributed by atoms with Crippen molar-refractivity contribution in [1.29, 1.82) is 0 Å². The number of hydrogen-bond acceptors (Lipinski definition) is 6. The Kier molecular flexibility index (Phi) is 7.52. The summed E-state index contributed by atoms with van der Waals surface area (Å²) in [6.07, 6.45) is 6.74. The molecule has 2 aliphatic heterocycles. The fourth-order valence-electron chi connectivity index (χ4n) is 4.20. The van der Waals surface area contributed by atoms with Gasteiger partial charge >= 0.3 is 5.97 Å². The molecular formula is C19H34N2O4. The van der Waals surface area contributed by atoms with Crippen LogP contribution in [0.15, 0.2) is 0 Å². The molecule has 25 heavy (non-hydrogen) atoms. The molecule has 3 aliphatic rings. The summed E-state index contributed by atoms with van der Waals surface area (Å²) in [4.78, 5) is 16.9. The van der Waals surface area contributed by atoms with Crippen molar-refractivity contribution in [3.05, 3.63) is 0 Å². The van der Waals surface area contributed by atoms with Crippen molar-refractivity contribution in [1.82, 2.24) is 9.80 Å². The molecule has 1 unspecified atom stereocenters. The number of likely N-dealkylation sites (tertiary alicyclic amines) is 1. The molecule has 1 aliphatic carbocycles. The molecule has 6 heteroatoms. The van der Waals surface area contributed by atoms with Crippen LogP contribution in [0.4, 0.5) is 0 Å². The number of hydrogen-bond donors (Lipinski definition) is 0. The van der Waals surface area contributed by atoms with Gasteiger partial charge in [0.05, 0.1) is 31.8 Å². The Bertz CT molecular complexity index is 400. The molecule has 0 bridgehead atoms. The molecular weight excluding hydrogens is 320 g/mol. The summed E-state index contributed by atoms with van der Waals surface area (Å²) in [6.45, 7) is 9.29. The van der Waals surface area contributed by atoms with Crippen LogP contribution in [0.25, 0.3) is 0 Å². The van der Waals surface area contributed by atoms with Crippen LogP contribution in [0, 0.1) is 5.92 Å². The second kappa shape index (κ2) is 9.86. The Morgan fingerprint density at radius 3 is 2.40 bits per heavy atom. The van der Waals surface area contributed by atoms with E-state index in [4.69, 9.17) is 14.2 Å². The van der Waals surface area contributed by atoms with E-state index >= 15 is 0 Å². The minimum Gasteiger partial charge on any atom is -0.466 e. The largest absolute Gasteiger partial charge is 0.466 e. The summed E-state index contributed by atoms with van der Waals surface area (Å²) in [6, 6.07) is 0. The maximum Gasteiger partial charge on any atom is 0.308 e. The van der Waals surface area contributed by atoms with Crippen LogP contribution in [-0.4, -0.2) is 80.6 Å². The highest BCUT2D eigenvalue weighted by Gasteiger charge is 2.32. The predicted molar refractivity (Wildman–Crippen MR) is 95.3 cm³/mol. The molecule has 1 saturated carbocycles. The Morgan fingerprint density at radius 2 is 1.76 bits per heavy atom. The number of rotatable bonds is 7. The summed E-state index contributed by atoms with van der Waals surface area (Å²) >= 11 is 0. The highest BCUT2D eigenvalue weighted by Crippen LogP contribution is 2.29. The topological polar surface area (TPSA) is 51.2 Å². The first kappa shape index (κ1) is 19.1. The first-order valence-corrected chi connectivity index (χ1v) is 10.1. The molecule has 6 nitrogen and oxygen atoms in total. The molecule has 0 aromatic rings. The smallest absolute Gasteiger partial charge is 0.308 e. The van der Waals surface area contributed by atoms with Crippen molar-refractivity contribution in [3.63, 3.8) is 0 Å². The van der Waals surface area contributed by atoms with Crippen molar-refractivity contribution in [2.24, 2.45) is 5.92 Å². The van der Waals surface area contributed by atoms with Crippen molar-refractivity contribution < 1.29 is 19.0 Å². The molecule has 3 rings (SSSR count). The summed E-state index contributed by atoms with van der Waals surface area (Å²) in [5.41, 5.74) is 0. The summed E-state index contributed by atoms with van der Waals surface area (Å²) in [5, 5.41) is 0. The van der Waals surface area contributed by atoms with Gasteiger partial charge in [0.2, 0.25) is 0 Å². The zero-order valence-corrected chi connectivity index (χ0v) is 15.7. The van der Waals surface area contributed by atoms with Crippen LogP contribution in [0.2, 0.25) is 0 Å². The lowest BCUT2D eigenvalue weighted by Crippen LogP contribution is -2.49. The molecule has 0 radical (unpaired) electrons. The Balaban J connectivity index is 1.49. The second-order valence-electron chi connectivity index (χ2n) is 7.47. The van der Waals surface area contributed by atoms with E-state index in [1.165, 1.54) is 12.8 Å². The fourth-order valence-corrected chi connectivity index (χ4v) is 4.20. The molecule has 2 heterocycles. The number of carbonyl (C=O) groups is 1. The number of esters is 1. The lowest BCUT2D eigenvalue weighted by atomic mass is 9.87. The molecule has 144 valence electrons. The van der Waals surface area contributed by atoms with E-state index in [1.54, 1.807) is 0 Å². The Morgan fingerprint density at radius 1 is 1.08 bits per heavy atom. The van der Waals surface area contributed by atoms with Gasteiger partial charge in [0.1, 0.15) is 6.23 Å². The molecule has 0 spiro atoms. The Labute approximate surface area is 151 Å². The molecule has 0 aromatic carbocycles. The van der Waals surface area contributed by atoms with Crippen LogP contribution >= 0.6 is 0 Å². The lowest BCUT2D eigenvalue weighted by Gasteiger charge is -2.38. The molecule has 0 aromatic heterocycles. The van der Waals surface area contributed by atoms with Gasteiger partial charge in [-0.05, 0) is 45.4 Å². The van der Waals surface area contributed by atoms with Crippen LogP contribution in [0.5, 0.6) is 0 Å². The van der Waals surface area contributed by atoms with E-state index in [2.05, 4.69) is 9.80 Å². The minimum absolute atomic E-state index is 0.0228. The fraction of sp³-hybridized carbons (Fsp3) is 0.947. The Hall–Kier alpha value is -0.690. The molecule has 1 atom stereocenters. The maximum atomic E-state index is 11.9. The lowest BCUT2D eigenvalue weighted by molar-refractivity contribution is -0.153. The van der Waals surface area contributed by atoms with Gasteiger partial charge in [0, 0.05) is 32.7 Å². The van der Waals surface area contributed by atoms with E-state index < -0.39 is 0 Å². The number of carbonyl (C=O) groups excluding carboxylic acids is 1. The molecule has 3 fully saturated rings. The number of nitrogens with zero attached hydrogens (tertiary/aromatic N) is 2. The summed E-state index contributed by atoms with van der Waals surface area (Å²) in [5.74, 6) is 0.0506. The second-order valence-corrected chi connectivity index (χ2v) is 7.47. The first-order chi connectivity index (χ1) is 12.3. The van der Waals surface area contributed by atoms with Crippen LogP contribution in [0.1, 0.15) is 45.4 Å². The maximum absolute atomic E-state index is 11.9. The molecule has 0 amide bonds. The summed E-state index contributed by atoms with van der Waals surface area (Å²) < 4.78 is 17.2. The molecule has 2 saturated heterocycles. The van der Waals surface area contributed by atoms with Crippen LogP contribution < -0.4 is 0 Å². The number of ether oxygens (including phenoxy) is 3. The van der Waals surface area contributed by atoms with Gasteiger partial charge in [-0.3, -0.25) is 14.6 Å². The highest BCUT2D eigenvalue weighted by atomic mass is 16.5. The summed E-state index contributed by atoms with van der Waals surface area (Å²) in [7, 11) is 0. The predicted octanol–water partition coefficient (Wildman–Crippen LogP) is 1.88. The number of morpholine rings is 1. The van der Waals surface area contributed by atoms with Gasteiger partial charge in [0.15, 0.2) is 0 Å². The van der Waals surface area contributed by atoms with E-state index in [1.807, 2.05) is 6.92 Å². The van der Waals surface area contributed by atoms with Gasteiger partial charge in [-0.2, -0.15) is 0 Å². The SMILES string of the molecule is CCOC(=O)C1CCC(OC(CN2CCOCC2)N2CCCC2)CC1. The monoisotopic (exact) mass is 354 g/mol. The van der Waals surface area contributed by atoms with E-state index in [-0.39, 0.29) is 24.2 Å². The van der Waals surface area contributed by atoms with Gasteiger partial charge in [-0.25, -0.2) is 0 Å². The zero-order valence-electron chi connectivity index (χ0n) is 15.7. The van der Waals surface area contributed by atoms with E-state index in [0.717, 1.165) is 71.6 Å². The van der Waals surface area contributed by atoms with E-state index in [9.17, 15) is 4.79 Å². The van der Waals surface area contributed by atoms with Crippen LogP contribution in [0.3, 0.4) is 0 Å².